The lowest BCUT2D eigenvalue weighted by atomic mass is 10.0. The molecule has 0 atom stereocenters. The van der Waals surface area contributed by atoms with Crippen LogP contribution in [0.5, 0.6) is 0 Å². The van der Waals surface area contributed by atoms with E-state index in [1.54, 1.807) is 0 Å². The summed E-state index contributed by atoms with van der Waals surface area (Å²) < 4.78 is 0. The van der Waals surface area contributed by atoms with Crippen LogP contribution in [0.3, 0.4) is 0 Å². The number of rotatable bonds is 19. The Bertz CT molecular complexity index is 226. The quantitative estimate of drug-likeness (QED) is 0.130. The monoisotopic (exact) mass is 352 g/mol. The Balaban J connectivity index is 0. The van der Waals surface area contributed by atoms with Crippen LogP contribution in [-0.4, -0.2) is 6.08 Å². The molecule has 0 aliphatic carbocycles. The molecular weight excluding hydrogens is 306 g/mol. The minimum absolute atomic E-state index is 0.500. The molecule has 0 unspecified atom stereocenters. The lowest BCUT2D eigenvalue weighted by molar-refractivity contribution is 0.523. The second kappa shape index (κ2) is 28.2. The average Bonchev–Trinajstić information content (AvgIpc) is 2.61. The Morgan fingerprint density at radius 3 is 0.680 bits per heavy atom. The third kappa shape index (κ3) is 31.6. The SMILES string of the molecule is CCCCCCCCCCCCCCCCCCCCCC.[N-]=C=O. The highest BCUT2D eigenvalue weighted by Gasteiger charge is 1.94. The molecule has 0 spiro atoms. The first-order chi connectivity index (χ1) is 12.3. The zero-order valence-corrected chi connectivity index (χ0v) is 17.5. The van der Waals surface area contributed by atoms with Crippen LogP contribution in [0.2, 0.25) is 0 Å². The molecule has 0 N–H and O–H groups in total. The summed E-state index contributed by atoms with van der Waals surface area (Å²) >= 11 is 0. The van der Waals surface area contributed by atoms with E-state index in [-0.39, 0.29) is 0 Å². The van der Waals surface area contributed by atoms with Crippen molar-refractivity contribution in [1.82, 2.24) is 0 Å². The molecule has 0 amide bonds. The molecule has 0 aromatic carbocycles. The lowest BCUT2D eigenvalue weighted by Crippen LogP contribution is -1.84. The van der Waals surface area contributed by atoms with Crippen molar-refractivity contribution in [2.45, 2.75) is 142 Å². The van der Waals surface area contributed by atoms with Gasteiger partial charge in [-0.25, -0.2) is 0 Å². The molecule has 150 valence electrons. The molecule has 0 saturated heterocycles. The van der Waals surface area contributed by atoms with E-state index in [4.69, 9.17) is 10.2 Å². The molecule has 0 heterocycles. The molecule has 0 radical (unpaired) electrons. The van der Waals surface area contributed by atoms with Gasteiger partial charge in [0.2, 0.25) is 0 Å². The van der Waals surface area contributed by atoms with Gasteiger partial charge in [0.05, 0.1) is 0 Å². The largest absolute Gasteiger partial charge is 0.724 e. The van der Waals surface area contributed by atoms with E-state index < -0.39 is 0 Å². The summed E-state index contributed by atoms with van der Waals surface area (Å²) in [6.45, 7) is 4.60. The Hall–Kier alpha value is -0.620. The fraction of sp³-hybridized carbons (Fsp3) is 0.957. The summed E-state index contributed by atoms with van der Waals surface area (Å²) in [4.78, 5) is 8.24. The molecular formula is C23H46NO-. The van der Waals surface area contributed by atoms with Gasteiger partial charge in [-0.2, -0.15) is 0 Å². The van der Waals surface area contributed by atoms with Gasteiger partial charge in [0, 0.05) is 0 Å². The van der Waals surface area contributed by atoms with Crippen LogP contribution >= 0.6 is 0 Å². The van der Waals surface area contributed by atoms with Crippen molar-refractivity contribution in [1.29, 1.82) is 0 Å². The lowest BCUT2D eigenvalue weighted by Gasteiger charge is -2.03. The van der Waals surface area contributed by atoms with Crippen LogP contribution < -0.4 is 0 Å². The topological polar surface area (TPSA) is 39.4 Å². The minimum atomic E-state index is 0.500. The Kier molecular flexibility index (Phi) is 30.0. The Labute approximate surface area is 159 Å². The number of carbonyl (C=O) groups excluding carboxylic acids is 1. The molecule has 0 rings (SSSR count). The van der Waals surface area contributed by atoms with E-state index in [1.165, 1.54) is 128 Å². The molecule has 25 heavy (non-hydrogen) atoms. The predicted molar refractivity (Wildman–Crippen MR) is 113 cm³/mol. The summed E-state index contributed by atoms with van der Waals surface area (Å²) in [6, 6.07) is 0. The first-order valence-corrected chi connectivity index (χ1v) is 11.3. The van der Waals surface area contributed by atoms with Crippen molar-refractivity contribution in [3.63, 3.8) is 0 Å². The van der Waals surface area contributed by atoms with Crippen molar-refractivity contribution in [3.05, 3.63) is 5.41 Å². The average molecular weight is 353 g/mol. The number of unbranched alkanes of at least 4 members (excludes halogenated alkanes) is 19. The second-order valence-corrected chi connectivity index (χ2v) is 7.46. The molecule has 0 aromatic heterocycles. The van der Waals surface area contributed by atoms with Gasteiger partial charge in [-0.05, 0) is 6.08 Å². The zero-order valence-electron chi connectivity index (χ0n) is 17.5. The van der Waals surface area contributed by atoms with E-state index in [0.29, 0.717) is 6.08 Å². The normalized spacial score (nSPS) is 10.2. The van der Waals surface area contributed by atoms with Crippen LogP contribution in [0, 0.1) is 0 Å². The first-order valence-electron chi connectivity index (χ1n) is 11.3. The molecule has 0 bridgehead atoms. The third-order valence-electron chi connectivity index (χ3n) is 4.96. The van der Waals surface area contributed by atoms with E-state index in [0.717, 1.165) is 0 Å². The second-order valence-electron chi connectivity index (χ2n) is 7.46. The van der Waals surface area contributed by atoms with E-state index >= 15 is 0 Å². The summed E-state index contributed by atoms with van der Waals surface area (Å²) in [5, 5.41) is 6.76. The predicted octanol–water partition coefficient (Wildman–Crippen LogP) is 8.72. The maximum Gasteiger partial charge on any atom is -0.0159 e. The Morgan fingerprint density at radius 1 is 0.440 bits per heavy atom. The van der Waals surface area contributed by atoms with Gasteiger partial charge in [0.1, 0.15) is 0 Å². The minimum Gasteiger partial charge on any atom is -0.724 e. The van der Waals surface area contributed by atoms with Gasteiger partial charge < -0.3 is 5.41 Å². The zero-order chi connectivity index (χ0) is 18.8. The Morgan fingerprint density at radius 2 is 0.560 bits per heavy atom. The fourth-order valence-corrected chi connectivity index (χ4v) is 3.33. The smallest absolute Gasteiger partial charge is 0.0159 e. The van der Waals surface area contributed by atoms with Gasteiger partial charge in [0.15, 0.2) is 0 Å². The van der Waals surface area contributed by atoms with Crippen molar-refractivity contribution < 1.29 is 4.79 Å². The van der Waals surface area contributed by atoms with Crippen molar-refractivity contribution >= 4 is 6.08 Å². The summed E-state index contributed by atoms with van der Waals surface area (Å²) in [7, 11) is 0. The van der Waals surface area contributed by atoms with Crippen LogP contribution in [0.25, 0.3) is 5.41 Å². The van der Waals surface area contributed by atoms with E-state index in [9.17, 15) is 0 Å². The molecule has 2 nitrogen and oxygen atoms in total. The van der Waals surface area contributed by atoms with E-state index in [1.807, 2.05) is 0 Å². The van der Waals surface area contributed by atoms with Crippen LogP contribution in [-0.2, 0) is 4.79 Å². The van der Waals surface area contributed by atoms with Crippen LogP contribution in [0.4, 0.5) is 0 Å². The van der Waals surface area contributed by atoms with Crippen molar-refractivity contribution in [2.75, 3.05) is 0 Å². The standard InChI is InChI=1S/C22H46.CNO/c1-3-5-7-9-11-13-15-17-19-21-22-20-18-16-14-12-10-8-6-4-2;2-1-3/h3-22H2,1-2H3;/q;-1. The van der Waals surface area contributed by atoms with Crippen molar-refractivity contribution in [3.8, 4) is 0 Å². The highest BCUT2D eigenvalue weighted by atomic mass is 16.1. The summed E-state index contributed by atoms with van der Waals surface area (Å²) in [6.07, 6.45) is 29.9. The summed E-state index contributed by atoms with van der Waals surface area (Å²) in [5.41, 5.74) is 0. The number of isocyanates is 1. The highest BCUT2D eigenvalue weighted by molar-refractivity contribution is 5.36. The van der Waals surface area contributed by atoms with Gasteiger partial charge in [-0.1, -0.05) is 142 Å². The molecule has 0 aliphatic heterocycles. The first kappa shape index (κ1) is 26.6. The fourth-order valence-electron chi connectivity index (χ4n) is 3.33. The molecule has 2 heteroatoms. The highest BCUT2D eigenvalue weighted by Crippen LogP contribution is 2.14. The van der Waals surface area contributed by atoms with Gasteiger partial charge in [0.25, 0.3) is 0 Å². The van der Waals surface area contributed by atoms with Crippen molar-refractivity contribution in [2.24, 2.45) is 0 Å². The van der Waals surface area contributed by atoms with Gasteiger partial charge in [-0.15, -0.1) is 0 Å². The molecule has 0 aliphatic rings. The van der Waals surface area contributed by atoms with Gasteiger partial charge in [-0.3, -0.25) is 4.79 Å². The number of nitrogens with zero attached hydrogens (tertiary/aromatic N) is 1. The third-order valence-corrected chi connectivity index (χ3v) is 4.96. The van der Waals surface area contributed by atoms with Crippen LogP contribution in [0.15, 0.2) is 0 Å². The van der Waals surface area contributed by atoms with Gasteiger partial charge >= 0.3 is 0 Å². The maximum atomic E-state index is 8.24. The van der Waals surface area contributed by atoms with E-state index in [2.05, 4.69) is 13.8 Å². The number of hydrogen-bond acceptors (Lipinski definition) is 1. The molecule has 0 fully saturated rings. The molecule has 0 aromatic rings. The maximum absolute atomic E-state index is 8.24. The summed E-state index contributed by atoms with van der Waals surface area (Å²) in [5.74, 6) is 0. The molecule has 0 saturated carbocycles. The van der Waals surface area contributed by atoms with Crippen LogP contribution in [0.1, 0.15) is 142 Å². The number of hydrogen-bond donors (Lipinski definition) is 0.